The summed E-state index contributed by atoms with van der Waals surface area (Å²) in [5.41, 5.74) is 16.1. The molecule has 9 heteroatoms. The number of hydrogen-bond donors (Lipinski definition) is 3. The van der Waals surface area contributed by atoms with Crippen LogP contribution in [0.5, 0.6) is 0 Å². The van der Waals surface area contributed by atoms with E-state index in [9.17, 15) is 14.4 Å². The quantitative estimate of drug-likeness (QED) is 0.523. The van der Waals surface area contributed by atoms with Crippen LogP contribution in [0.15, 0.2) is 12.3 Å². The zero-order valence-corrected chi connectivity index (χ0v) is 11.5. The van der Waals surface area contributed by atoms with E-state index in [1.54, 1.807) is 6.92 Å². The molecule has 1 rings (SSSR count). The molecule has 0 aliphatic heterocycles. The fourth-order valence-corrected chi connectivity index (χ4v) is 1.68. The standard InChI is InChI=1S/C12H17N5O4/c1-2-21-12(20)7-3-4-16-11(10(7)15)17(5-8(13)18)6-9(14)19/h3-4H,2,5-6,15H2,1H3,(H2,13,18)(H2,14,19). The molecule has 114 valence electrons. The van der Waals surface area contributed by atoms with Crippen molar-refractivity contribution in [3.05, 3.63) is 17.8 Å². The Morgan fingerprint density at radius 3 is 2.29 bits per heavy atom. The third-order valence-electron chi connectivity index (χ3n) is 2.46. The highest BCUT2D eigenvalue weighted by Crippen LogP contribution is 2.24. The molecule has 0 aliphatic carbocycles. The van der Waals surface area contributed by atoms with Gasteiger partial charge < -0.3 is 26.8 Å². The van der Waals surface area contributed by atoms with Gasteiger partial charge >= 0.3 is 5.97 Å². The van der Waals surface area contributed by atoms with Crippen molar-refractivity contribution >= 4 is 29.3 Å². The van der Waals surface area contributed by atoms with Gasteiger partial charge in [0.1, 0.15) is 0 Å². The Balaban J connectivity index is 3.19. The lowest BCUT2D eigenvalue weighted by molar-refractivity contribution is -0.117. The lowest BCUT2D eigenvalue weighted by Gasteiger charge is -2.22. The van der Waals surface area contributed by atoms with Gasteiger partial charge in [-0.1, -0.05) is 0 Å². The average Bonchev–Trinajstić information content (AvgIpc) is 2.37. The number of rotatable bonds is 7. The first-order valence-corrected chi connectivity index (χ1v) is 6.10. The zero-order chi connectivity index (χ0) is 16.0. The number of nitrogens with two attached hydrogens (primary N) is 3. The van der Waals surface area contributed by atoms with Gasteiger partial charge in [0.15, 0.2) is 5.82 Å². The minimum atomic E-state index is -0.695. The van der Waals surface area contributed by atoms with Crippen molar-refractivity contribution in [3.63, 3.8) is 0 Å². The van der Waals surface area contributed by atoms with E-state index in [-0.39, 0.29) is 36.8 Å². The van der Waals surface area contributed by atoms with E-state index >= 15 is 0 Å². The molecule has 0 saturated carbocycles. The van der Waals surface area contributed by atoms with Crippen LogP contribution in [0.25, 0.3) is 0 Å². The van der Waals surface area contributed by atoms with Crippen molar-refractivity contribution in [2.75, 3.05) is 30.3 Å². The molecule has 21 heavy (non-hydrogen) atoms. The number of primary amides is 2. The van der Waals surface area contributed by atoms with Crippen LogP contribution < -0.4 is 22.1 Å². The second kappa shape index (κ2) is 7.08. The summed E-state index contributed by atoms with van der Waals surface area (Å²) in [6, 6.07) is 1.38. The van der Waals surface area contributed by atoms with E-state index in [4.69, 9.17) is 21.9 Å². The van der Waals surface area contributed by atoms with Crippen LogP contribution in [0.4, 0.5) is 11.5 Å². The monoisotopic (exact) mass is 295 g/mol. The van der Waals surface area contributed by atoms with Crippen LogP contribution in [0.2, 0.25) is 0 Å². The Morgan fingerprint density at radius 1 is 1.24 bits per heavy atom. The molecule has 2 amide bonds. The van der Waals surface area contributed by atoms with Crippen LogP contribution in [0.1, 0.15) is 17.3 Å². The first-order valence-electron chi connectivity index (χ1n) is 6.10. The number of nitrogen functional groups attached to an aromatic ring is 1. The molecule has 0 bridgehead atoms. The summed E-state index contributed by atoms with van der Waals surface area (Å²) in [6.45, 7) is 1.21. The smallest absolute Gasteiger partial charge is 0.340 e. The van der Waals surface area contributed by atoms with Gasteiger partial charge in [0.25, 0.3) is 0 Å². The van der Waals surface area contributed by atoms with Crippen LogP contribution in [-0.4, -0.2) is 42.5 Å². The van der Waals surface area contributed by atoms with Gasteiger partial charge in [-0.05, 0) is 13.0 Å². The number of amides is 2. The molecule has 1 aromatic rings. The minimum Gasteiger partial charge on any atom is -0.462 e. The summed E-state index contributed by atoms with van der Waals surface area (Å²) in [7, 11) is 0. The number of nitrogens with zero attached hydrogens (tertiary/aromatic N) is 2. The SMILES string of the molecule is CCOC(=O)c1ccnc(N(CC(N)=O)CC(N)=O)c1N. The largest absolute Gasteiger partial charge is 0.462 e. The summed E-state index contributed by atoms with van der Waals surface area (Å²) in [4.78, 5) is 39.0. The van der Waals surface area contributed by atoms with Crippen molar-refractivity contribution in [2.45, 2.75) is 6.92 Å². The highest BCUT2D eigenvalue weighted by molar-refractivity contribution is 5.98. The molecule has 0 radical (unpaired) electrons. The number of aromatic nitrogens is 1. The Hall–Kier alpha value is -2.84. The first kappa shape index (κ1) is 16.2. The summed E-state index contributed by atoms with van der Waals surface area (Å²) < 4.78 is 4.86. The third kappa shape index (κ3) is 4.34. The van der Waals surface area contributed by atoms with Gasteiger partial charge in [-0.2, -0.15) is 0 Å². The van der Waals surface area contributed by atoms with E-state index in [1.807, 2.05) is 0 Å². The number of carbonyl (C=O) groups is 3. The average molecular weight is 295 g/mol. The molecule has 0 aromatic carbocycles. The Morgan fingerprint density at radius 2 is 1.81 bits per heavy atom. The van der Waals surface area contributed by atoms with E-state index in [0.717, 1.165) is 0 Å². The fourth-order valence-electron chi connectivity index (χ4n) is 1.68. The summed E-state index contributed by atoms with van der Waals surface area (Å²) in [6.07, 6.45) is 1.31. The van der Waals surface area contributed by atoms with E-state index < -0.39 is 17.8 Å². The number of anilines is 2. The summed E-state index contributed by atoms with van der Waals surface area (Å²) in [5.74, 6) is -1.95. The van der Waals surface area contributed by atoms with Crippen molar-refractivity contribution in [1.82, 2.24) is 4.98 Å². The molecular weight excluding hydrogens is 278 g/mol. The number of esters is 1. The topological polar surface area (TPSA) is 155 Å². The highest BCUT2D eigenvalue weighted by Gasteiger charge is 2.21. The molecule has 0 atom stereocenters. The van der Waals surface area contributed by atoms with Gasteiger partial charge in [-0.25, -0.2) is 9.78 Å². The van der Waals surface area contributed by atoms with Crippen molar-refractivity contribution in [3.8, 4) is 0 Å². The van der Waals surface area contributed by atoms with Crippen molar-refractivity contribution in [2.24, 2.45) is 11.5 Å². The molecule has 9 nitrogen and oxygen atoms in total. The van der Waals surface area contributed by atoms with E-state index in [0.29, 0.717) is 0 Å². The number of carbonyl (C=O) groups excluding carboxylic acids is 3. The van der Waals surface area contributed by atoms with Gasteiger partial charge in [0.2, 0.25) is 11.8 Å². The Labute approximate surface area is 121 Å². The lowest BCUT2D eigenvalue weighted by Crippen LogP contribution is -2.40. The number of hydrogen-bond acceptors (Lipinski definition) is 7. The molecular formula is C12H17N5O4. The van der Waals surface area contributed by atoms with Crippen LogP contribution in [0.3, 0.4) is 0 Å². The molecule has 0 unspecified atom stereocenters. The van der Waals surface area contributed by atoms with Crippen LogP contribution >= 0.6 is 0 Å². The third-order valence-corrected chi connectivity index (χ3v) is 2.46. The van der Waals surface area contributed by atoms with Gasteiger partial charge in [0.05, 0.1) is 30.9 Å². The number of ether oxygens (including phenoxy) is 1. The second-order valence-electron chi connectivity index (χ2n) is 4.10. The van der Waals surface area contributed by atoms with Crippen molar-refractivity contribution < 1.29 is 19.1 Å². The molecule has 6 N–H and O–H groups in total. The summed E-state index contributed by atoms with van der Waals surface area (Å²) >= 11 is 0. The predicted octanol–water partition coefficient (Wildman–Crippen LogP) is -1.38. The zero-order valence-electron chi connectivity index (χ0n) is 11.5. The molecule has 1 heterocycles. The maximum Gasteiger partial charge on any atom is 0.340 e. The Kier molecular flexibility index (Phi) is 5.47. The fraction of sp³-hybridized carbons (Fsp3) is 0.333. The number of pyridine rings is 1. The van der Waals surface area contributed by atoms with Gasteiger partial charge in [0, 0.05) is 6.20 Å². The normalized spacial score (nSPS) is 9.95. The van der Waals surface area contributed by atoms with Crippen LogP contribution in [0, 0.1) is 0 Å². The maximum atomic E-state index is 11.8. The maximum absolute atomic E-state index is 11.8. The Bertz CT molecular complexity index is 545. The second-order valence-corrected chi connectivity index (χ2v) is 4.10. The summed E-state index contributed by atoms with van der Waals surface area (Å²) in [5, 5.41) is 0. The van der Waals surface area contributed by atoms with Gasteiger partial charge in [-0.3, -0.25) is 9.59 Å². The molecule has 0 fully saturated rings. The molecule has 0 saturated heterocycles. The van der Waals surface area contributed by atoms with Crippen molar-refractivity contribution in [1.29, 1.82) is 0 Å². The van der Waals surface area contributed by atoms with Crippen LogP contribution in [-0.2, 0) is 14.3 Å². The minimum absolute atomic E-state index is 0.0153. The molecule has 0 spiro atoms. The van der Waals surface area contributed by atoms with Gasteiger partial charge in [-0.15, -0.1) is 0 Å². The van der Waals surface area contributed by atoms with E-state index in [1.165, 1.54) is 17.2 Å². The lowest BCUT2D eigenvalue weighted by atomic mass is 10.2. The highest BCUT2D eigenvalue weighted by atomic mass is 16.5. The molecule has 1 aromatic heterocycles. The first-order chi connectivity index (χ1) is 9.86. The van der Waals surface area contributed by atoms with E-state index in [2.05, 4.69) is 4.98 Å². The predicted molar refractivity (Wildman–Crippen MR) is 75.2 cm³/mol. The molecule has 0 aliphatic rings.